The van der Waals surface area contributed by atoms with Gasteiger partial charge in [0.25, 0.3) is 0 Å². The maximum Gasteiger partial charge on any atom is 0.224 e. The van der Waals surface area contributed by atoms with Crippen molar-refractivity contribution in [3.8, 4) is 0 Å². The van der Waals surface area contributed by atoms with Crippen molar-refractivity contribution < 1.29 is 4.79 Å². The molecule has 0 spiro atoms. The molecule has 16 heavy (non-hydrogen) atoms. The monoisotopic (exact) mass is 227 g/mol. The fourth-order valence-electron chi connectivity index (χ4n) is 2.52. The highest BCUT2D eigenvalue weighted by Gasteiger charge is 2.29. The quantitative estimate of drug-likeness (QED) is 0.765. The minimum atomic E-state index is -0.0449. The summed E-state index contributed by atoms with van der Waals surface area (Å²) in [7, 11) is 4.05. The third-order valence-corrected chi connectivity index (χ3v) is 3.45. The van der Waals surface area contributed by atoms with Crippen LogP contribution in [0.25, 0.3) is 0 Å². The van der Waals surface area contributed by atoms with E-state index in [0.29, 0.717) is 18.4 Å². The molecular weight excluding hydrogens is 202 g/mol. The lowest BCUT2D eigenvalue weighted by atomic mass is 9.92. The van der Waals surface area contributed by atoms with Gasteiger partial charge in [-0.3, -0.25) is 4.79 Å². The van der Waals surface area contributed by atoms with Crippen molar-refractivity contribution in [2.24, 2.45) is 11.7 Å². The first-order valence-corrected chi connectivity index (χ1v) is 6.11. The van der Waals surface area contributed by atoms with E-state index >= 15 is 0 Å². The molecule has 1 fully saturated rings. The average Bonchev–Trinajstić information content (AvgIpc) is 2.15. The zero-order chi connectivity index (χ0) is 12.3. The Balaban J connectivity index is 2.53. The topological polar surface area (TPSA) is 49.6 Å². The predicted octanol–water partition coefficient (Wildman–Crippen LogP) is 0.522. The van der Waals surface area contributed by atoms with Crippen molar-refractivity contribution in [2.75, 3.05) is 27.2 Å². The van der Waals surface area contributed by atoms with Crippen molar-refractivity contribution in [1.82, 2.24) is 9.80 Å². The molecule has 1 aliphatic rings. The van der Waals surface area contributed by atoms with Gasteiger partial charge in [-0.1, -0.05) is 6.92 Å². The van der Waals surface area contributed by atoms with Crippen LogP contribution in [0, 0.1) is 5.92 Å². The van der Waals surface area contributed by atoms with E-state index < -0.39 is 0 Å². The van der Waals surface area contributed by atoms with Gasteiger partial charge in [-0.2, -0.15) is 0 Å². The Labute approximate surface area is 98.8 Å². The first-order chi connectivity index (χ1) is 7.41. The van der Waals surface area contributed by atoms with Crippen molar-refractivity contribution in [2.45, 2.75) is 38.8 Å². The van der Waals surface area contributed by atoms with Crippen LogP contribution in [0.3, 0.4) is 0 Å². The van der Waals surface area contributed by atoms with Gasteiger partial charge in [-0.05, 0) is 32.9 Å². The van der Waals surface area contributed by atoms with Crippen molar-refractivity contribution in [1.29, 1.82) is 0 Å². The average molecular weight is 227 g/mol. The summed E-state index contributed by atoms with van der Waals surface area (Å²) >= 11 is 0. The zero-order valence-electron chi connectivity index (χ0n) is 10.9. The fraction of sp³-hybridized carbons (Fsp3) is 0.917. The molecule has 3 unspecified atom stereocenters. The molecule has 94 valence electrons. The number of amides is 1. The number of carbonyl (C=O) groups excluding carboxylic acids is 1. The molecule has 0 aromatic rings. The van der Waals surface area contributed by atoms with Gasteiger partial charge in [0.2, 0.25) is 5.91 Å². The number of nitrogens with two attached hydrogens (primary N) is 1. The van der Waals surface area contributed by atoms with E-state index in [1.54, 1.807) is 0 Å². The lowest BCUT2D eigenvalue weighted by Gasteiger charge is -2.40. The maximum absolute atomic E-state index is 11.9. The summed E-state index contributed by atoms with van der Waals surface area (Å²) in [5, 5.41) is 0. The Morgan fingerprint density at radius 1 is 1.62 bits per heavy atom. The van der Waals surface area contributed by atoms with Gasteiger partial charge in [-0.15, -0.1) is 0 Å². The largest absolute Gasteiger partial charge is 0.342 e. The summed E-state index contributed by atoms with van der Waals surface area (Å²) in [5.74, 6) is 0.720. The van der Waals surface area contributed by atoms with Crippen LogP contribution in [0.15, 0.2) is 0 Å². The highest BCUT2D eigenvalue weighted by atomic mass is 16.2. The van der Waals surface area contributed by atoms with Crippen molar-refractivity contribution in [3.63, 3.8) is 0 Å². The predicted molar refractivity (Wildman–Crippen MR) is 66.1 cm³/mol. The molecule has 1 saturated heterocycles. The van der Waals surface area contributed by atoms with E-state index in [1.165, 1.54) is 0 Å². The molecule has 3 atom stereocenters. The third kappa shape index (κ3) is 3.46. The van der Waals surface area contributed by atoms with Crippen LogP contribution in [0.5, 0.6) is 0 Å². The number of piperidine rings is 1. The molecule has 0 bridgehead atoms. The van der Waals surface area contributed by atoms with E-state index in [9.17, 15) is 4.79 Å². The summed E-state index contributed by atoms with van der Waals surface area (Å²) in [5.41, 5.74) is 5.66. The molecule has 1 aliphatic heterocycles. The van der Waals surface area contributed by atoms with Gasteiger partial charge in [0, 0.05) is 32.1 Å². The van der Waals surface area contributed by atoms with Gasteiger partial charge >= 0.3 is 0 Å². The molecule has 0 aromatic carbocycles. The summed E-state index contributed by atoms with van der Waals surface area (Å²) in [4.78, 5) is 16.1. The van der Waals surface area contributed by atoms with Gasteiger partial charge in [0.15, 0.2) is 0 Å². The minimum Gasteiger partial charge on any atom is -0.342 e. The Morgan fingerprint density at radius 3 is 2.75 bits per heavy atom. The number of rotatable bonds is 3. The van der Waals surface area contributed by atoms with E-state index in [-0.39, 0.29) is 11.9 Å². The molecule has 0 saturated carbocycles. The molecule has 2 N–H and O–H groups in total. The molecule has 0 radical (unpaired) electrons. The second-order valence-electron chi connectivity index (χ2n) is 5.28. The fourth-order valence-corrected chi connectivity index (χ4v) is 2.52. The number of likely N-dealkylation sites (tertiary alicyclic amines) is 1. The third-order valence-electron chi connectivity index (χ3n) is 3.45. The normalized spacial score (nSPS) is 28.8. The highest BCUT2D eigenvalue weighted by molar-refractivity contribution is 5.76. The van der Waals surface area contributed by atoms with Crippen LogP contribution >= 0.6 is 0 Å². The number of nitrogens with zero attached hydrogens (tertiary/aromatic N) is 2. The summed E-state index contributed by atoms with van der Waals surface area (Å²) in [6.07, 6.45) is 1.52. The molecule has 1 amide bonds. The molecule has 4 nitrogen and oxygen atoms in total. The minimum absolute atomic E-state index is 0.0449. The van der Waals surface area contributed by atoms with Crippen LogP contribution < -0.4 is 5.73 Å². The van der Waals surface area contributed by atoms with Crippen LogP contribution in [-0.4, -0.2) is 55.0 Å². The smallest absolute Gasteiger partial charge is 0.224 e. The molecular formula is C12H25N3O. The maximum atomic E-state index is 11.9. The van der Waals surface area contributed by atoms with Crippen molar-refractivity contribution in [3.05, 3.63) is 0 Å². The summed E-state index contributed by atoms with van der Waals surface area (Å²) < 4.78 is 0. The number of hydrogen-bond donors (Lipinski definition) is 1. The van der Waals surface area contributed by atoms with E-state index in [0.717, 1.165) is 19.5 Å². The van der Waals surface area contributed by atoms with E-state index in [4.69, 9.17) is 5.73 Å². The van der Waals surface area contributed by atoms with Crippen LogP contribution in [0.2, 0.25) is 0 Å². The summed E-state index contributed by atoms with van der Waals surface area (Å²) in [6.45, 7) is 6.24. The van der Waals surface area contributed by atoms with Crippen LogP contribution in [0.1, 0.15) is 26.7 Å². The van der Waals surface area contributed by atoms with Gasteiger partial charge < -0.3 is 15.5 Å². The lowest BCUT2D eigenvalue weighted by Crippen LogP contribution is -2.50. The second kappa shape index (κ2) is 5.64. The van der Waals surface area contributed by atoms with Crippen LogP contribution in [0.4, 0.5) is 0 Å². The number of carbonyl (C=O) groups is 1. The van der Waals surface area contributed by atoms with Gasteiger partial charge in [0.1, 0.15) is 0 Å². The molecule has 0 aliphatic carbocycles. The Bertz CT molecular complexity index is 242. The van der Waals surface area contributed by atoms with Crippen molar-refractivity contribution >= 4 is 5.91 Å². The molecule has 0 aromatic heterocycles. The number of hydrogen-bond acceptors (Lipinski definition) is 3. The highest BCUT2D eigenvalue weighted by Crippen LogP contribution is 2.20. The van der Waals surface area contributed by atoms with E-state index in [1.807, 2.05) is 18.9 Å². The molecule has 4 heteroatoms. The lowest BCUT2D eigenvalue weighted by molar-refractivity contribution is -0.134. The van der Waals surface area contributed by atoms with Gasteiger partial charge in [0.05, 0.1) is 0 Å². The SMILES string of the molecule is CC(N)CC(=O)N(C)C1CCN(C)CC1C. The van der Waals surface area contributed by atoms with Gasteiger partial charge in [-0.25, -0.2) is 0 Å². The Kier molecular flexibility index (Phi) is 4.74. The standard InChI is InChI=1S/C12H25N3O/c1-9-8-14(3)6-5-11(9)15(4)12(16)7-10(2)13/h9-11H,5-8,13H2,1-4H3. The Hall–Kier alpha value is -0.610. The Morgan fingerprint density at radius 2 is 2.25 bits per heavy atom. The van der Waals surface area contributed by atoms with Crippen LogP contribution in [-0.2, 0) is 4.79 Å². The summed E-state index contributed by atoms with van der Waals surface area (Å²) in [6, 6.07) is 0.332. The first kappa shape index (κ1) is 13.5. The molecule has 1 heterocycles. The second-order valence-corrected chi connectivity index (χ2v) is 5.28. The first-order valence-electron chi connectivity index (χ1n) is 6.11. The molecule has 1 rings (SSSR count). The zero-order valence-corrected chi connectivity index (χ0v) is 10.9. The van der Waals surface area contributed by atoms with E-state index in [2.05, 4.69) is 18.9 Å².